The summed E-state index contributed by atoms with van der Waals surface area (Å²) in [6.07, 6.45) is 3.01. The molecule has 0 saturated carbocycles. The predicted molar refractivity (Wildman–Crippen MR) is 118 cm³/mol. The summed E-state index contributed by atoms with van der Waals surface area (Å²) in [6, 6.07) is 1.15. The standard InChI is InChI=1S/C22H22F3N5O3S/c1-2-30-17-6-4-3-5-12(22(30)33)19(31)20(32)14(10-26-27-17)21-29-28-18(34-21)9-13-15(24)7-11(23)8-16(13)25/h7-8,10,17,26-27,31H,2-6,9H2,1H3/b14-10+,19-12-. The van der Waals surface area contributed by atoms with Crippen molar-refractivity contribution in [3.05, 3.63) is 62.7 Å². The molecular weight excluding hydrogens is 471 g/mol. The molecular formula is C22H22F3N5O3S. The number of hydrogen-bond acceptors (Lipinski definition) is 8. The van der Waals surface area contributed by atoms with E-state index in [9.17, 15) is 27.9 Å². The molecule has 12 heteroatoms. The second kappa shape index (κ2) is 9.94. The van der Waals surface area contributed by atoms with Gasteiger partial charge in [-0.15, -0.1) is 10.2 Å². The number of allylic oxidation sites excluding steroid dienone is 1. The van der Waals surface area contributed by atoms with Crippen LogP contribution in [0.3, 0.4) is 0 Å². The predicted octanol–water partition coefficient (Wildman–Crippen LogP) is 3.12. The molecule has 180 valence electrons. The van der Waals surface area contributed by atoms with Gasteiger partial charge < -0.3 is 15.4 Å². The number of nitrogens with zero attached hydrogens (tertiary/aromatic N) is 3. The molecule has 2 aliphatic heterocycles. The average Bonchev–Trinajstić information content (AvgIpc) is 3.24. The number of aliphatic hydroxyl groups excluding tert-OH is 1. The first-order valence-corrected chi connectivity index (χ1v) is 11.6. The Morgan fingerprint density at radius 1 is 1.18 bits per heavy atom. The summed E-state index contributed by atoms with van der Waals surface area (Å²) < 4.78 is 41.2. The summed E-state index contributed by atoms with van der Waals surface area (Å²) in [5, 5.41) is 18.9. The normalized spacial score (nSPS) is 23.2. The third-order valence-corrected chi connectivity index (χ3v) is 6.69. The van der Waals surface area contributed by atoms with Crippen LogP contribution in [0.1, 0.15) is 48.2 Å². The summed E-state index contributed by atoms with van der Waals surface area (Å²) >= 11 is 0.890. The van der Waals surface area contributed by atoms with Gasteiger partial charge in [-0.25, -0.2) is 18.6 Å². The van der Waals surface area contributed by atoms with E-state index in [2.05, 4.69) is 21.0 Å². The molecule has 4 rings (SSSR count). The van der Waals surface area contributed by atoms with Gasteiger partial charge in [-0.05, 0) is 32.6 Å². The van der Waals surface area contributed by atoms with Gasteiger partial charge in [-0.2, -0.15) is 0 Å². The van der Waals surface area contributed by atoms with Gasteiger partial charge in [0.2, 0.25) is 5.78 Å². The van der Waals surface area contributed by atoms with Crippen molar-refractivity contribution in [2.45, 2.75) is 45.2 Å². The quantitative estimate of drug-likeness (QED) is 0.601. The molecule has 0 aliphatic carbocycles. The number of carbonyl (C=O) groups excluding carboxylic acids is 2. The van der Waals surface area contributed by atoms with Crippen molar-refractivity contribution in [2.75, 3.05) is 6.54 Å². The minimum atomic E-state index is -1.06. The van der Waals surface area contributed by atoms with Gasteiger partial charge in [0, 0.05) is 36.9 Å². The van der Waals surface area contributed by atoms with Crippen LogP contribution in [0, 0.1) is 17.5 Å². The van der Waals surface area contributed by atoms with Crippen molar-refractivity contribution in [3.8, 4) is 0 Å². The van der Waals surface area contributed by atoms with Gasteiger partial charge in [-0.3, -0.25) is 9.59 Å². The monoisotopic (exact) mass is 493 g/mol. The van der Waals surface area contributed by atoms with Gasteiger partial charge in [0.15, 0.2) is 10.8 Å². The van der Waals surface area contributed by atoms with E-state index in [4.69, 9.17) is 0 Å². The van der Waals surface area contributed by atoms with Gasteiger partial charge in [0.05, 0.1) is 17.3 Å². The van der Waals surface area contributed by atoms with Gasteiger partial charge >= 0.3 is 0 Å². The van der Waals surface area contributed by atoms with Crippen LogP contribution in [-0.4, -0.2) is 44.6 Å². The highest BCUT2D eigenvalue weighted by Crippen LogP contribution is 2.29. The highest BCUT2D eigenvalue weighted by Gasteiger charge is 2.33. The molecule has 2 aliphatic rings. The fraction of sp³-hybridized carbons (Fsp3) is 0.364. The largest absolute Gasteiger partial charge is 0.504 e. The molecule has 34 heavy (non-hydrogen) atoms. The van der Waals surface area contributed by atoms with Crippen molar-refractivity contribution in [1.82, 2.24) is 25.9 Å². The molecule has 1 aromatic heterocycles. The van der Waals surface area contributed by atoms with Crippen LogP contribution in [-0.2, 0) is 16.0 Å². The summed E-state index contributed by atoms with van der Waals surface area (Å²) in [4.78, 5) is 27.8. The van der Waals surface area contributed by atoms with E-state index in [0.29, 0.717) is 31.5 Å². The minimum Gasteiger partial charge on any atom is -0.504 e. The van der Waals surface area contributed by atoms with Crippen LogP contribution >= 0.6 is 11.3 Å². The number of hydrogen-bond donors (Lipinski definition) is 3. The molecule has 1 saturated heterocycles. The van der Waals surface area contributed by atoms with Crippen molar-refractivity contribution >= 4 is 28.6 Å². The fourth-order valence-corrected chi connectivity index (χ4v) is 4.84. The number of amides is 1. The van der Waals surface area contributed by atoms with Gasteiger partial charge in [0.25, 0.3) is 5.91 Å². The van der Waals surface area contributed by atoms with E-state index in [1.54, 1.807) is 4.90 Å². The summed E-state index contributed by atoms with van der Waals surface area (Å²) in [6.45, 7) is 2.20. The minimum absolute atomic E-state index is 0.0337. The smallest absolute Gasteiger partial charge is 0.254 e. The van der Waals surface area contributed by atoms with Crippen molar-refractivity contribution in [2.24, 2.45) is 0 Å². The third-order valence-electron chi connectivity index (χ3n) is 5.73. The number of carbonyl (C=O) groups is 2. The SMILES string of the molecule is CCN1C(=O)/C2=C(\O)C(=O)/C(c3nnc(Cc4c(F)cc(F)cc4F)s3)=C\NNC1CCCC2. The lowest BCUT2D eigenvalue weighted by Crippen LogP contribution is -2.53. The van der Waals surface area contributed by atoms with E-state index in [1.165, 1.54) is 6.20 Å². The first-order chi connectivity index (χ1) is 16.3. The fourth-order valence-electron chi connectivity index (χ4n) is 3.98. The Hall–Kier alpha value is -3.25. The maximum absolute atomic E-state index is 14.0. The van der Waals surface area contributed by atoms with E-state index in [-0.39, 0.29) is 45.7 Å². The maximum atomic E-state index is 14.0. The number of ketones is 1. The average molecular weight is 494 g/mol. The van der Waals surface area contributed by atoms with Crippen LogP contribution in [0.5, 0.6) is 0 Å². The summed E-state index contributed by atoms with van der Waals surface area (Å²) in [7, 11) is 0. The Bertz CT molecular complexity index is 1170. The zero-order valence-corrected chi connectivity index (χ0v) is 19.0. The molecule has 1 aromatic carbocycles. The molecule has 3 heterocycles. The number of hydrazine groups is 1. The molecule has 1 fully saturated rings. The van der Waals surface area contributed by atoms with Crippen molar-refractivity contribution in [3.63, 3.8) is 0 Å². The highest BCUT2D eigenvalue weighted by molar-refractivity contribution is 7.12. The van der Waals surface area contributed by atoms with Crippen LogP contribution in [0.15, 0.2) is 29.7 Å². The van der Waals surface area contributed by atoms with Gasteiger partial charge in [0.1, 0.15) is 22.5 Å². The number of Topliss-reactive ketones (excluding diaryl/α,β-unsaturated/α-hetero) is 1. The van der Waals surface area contributed by atoms with Crippen molar-refractivity contribution in [1.29, 1.82) is 0 Å². The molecule has 0 spiro atoms. The zero-order valence-electron chi connectivity index (χ0n) is 18.2. The second-order valence-electron chi connectivity index (χ2n) is 7.88. The number of likely N-dealkylation sites (N-methyl/N-ethyl adjacent to an activating group) is 1. The Morgan fingerprint density at radius 2 is 1.91 bits per heavy atom. The first kappa shape index (κ1) is 23.9. The first-order valence-electron chi connectivity index (χ1n) is 10.7. The van der Waals surface area contributed by atoms with Crippen LogP contribution in [0.2, 0.25) is 0 Å². The molecule has 0 radical (unpaired) electrons. The Morgan fingerprint density at radius 3 is 2.62 bits per heavy atom. The van der Waals surface area contributed by atoms with Crippen LogP contribution < -0.4 is 10.9 Å². The summed E-state index contributed by atoms with van der Waals surface area (Å²) in [5.41, 5.74) is 5.42. The lowest BCUT2D eigenvalue weighted by atomic mass is 9.97. The molecule has 1 amide bonds. The highest BCUT2D eigenvalue weighted by atomic mass is 32.1. The molecule has 1 atom stereocenters. The lowest BCUT2D eigenvalue weighted by molar-refractivity contribution is -0.131. The molecule has 1 unspecified atom stereocenters. The summed E-state index contributed by atoms with van der Waals surface area (Å²) in [5.74, 6) is -5.05. The van der Waals surface area contributed by atoms with E-state index < -0.39 is 34.9 Å². The number of halogens is 3. The zero-order chi connectivity index (χ0) is 24.4. The van der Waals surface area contributed by atoms with Crippen LogP contribution in [0.25, 0.3) is 5.57 Å². The van der Waals surface area contributed by atoms with Gasteiger partial charge in [-0.1, -0.05) is 11.3 Å². The Labute approximate surface area is 197 Å². The van der Waals surface area contributed by atoms with E-state index >= 15 is 0 Å². The molecule has 2 aromatic rings. The third kappa shape index (κ3) is 4.68. The topological polar surface area (TPSA) is 107 Å². The number of fused-ring (bicyclic) bond motifs is 3. The number of aromatic nitrogens is 2. The Kier molecular flexibility index (Phi) is 6.98. The van der Waals surface area contributed by atoms with E-state index in [1.807, 2.05) is 6.92 Å². The van der Waals surface area contributed by atoms with Crippen LogP contribution in [0.4, 0.5) is 13.2 Å². The number of nitrogens with one attached hydrogen (secondary N) is 2. The number of aliphatic hydroxyl groups is 1. The van der Waals surface area contributed by atoms with E-state index in [0.717, 1.165) is 17.8 Å². The maximum Gasteiger partial charge on any atom is 0.254 e. The second-order valence-corrected chi connectivity index (χ2v) is 8.94. The lowest BCUT2D eigenvalue weighted by Gasteiger charge is -2.34. The number of rotatable bonds is 4. The molecule has 3 N–H and O–H groups in total. The number of benzene rings is 1. The molecule has 2 bridgehead atoms. The van der Waals surface area contributed by atoms with Crippen molar-refractivity contribution < 1.29 is 27.9 Å². The molecule has 8 nitrogen and oxygen atoms in total. The Balaban J connectivity index is 1.68.